The maximum absolute atomic E-state index is 12.3. The van der Waals surface area contributed by atoms with E-state index in [4.69, 9.17) is 4.52 Å². The molecule has 6 nitrogen and oxygen atoms in total. The minimum atomic E-state index is -0.0587. The van der Waals surface area contributed by atoms with Crippen LogP contribution >= 0.6 is 0 Å². The number of nitrogens with zero attached hydrogens (tertiary/aromatic N) is 3. The van der Waals surface area contributed by atoms with E-state index in [1.807, 2.05) is 19.1 Å². The molecule has 1 N–H and O–H groups in total. The summed E-state index contributed by atoms with van der Waals surface area (Å²) in [6, 6.07) is 12.0. The lowest BCUT2D eigenvalue weighted by Gasteiger charge is -2.20. The fourth-order valence-electron chi connectivity index (χ4n) is 2.86. The molecule has 1 unspecified atom stereocenters. The van der Waals surface area contributed by atoms with Gasteiger partial charge in [0.05, 0.1) is 6.04 Å². The summed E-state index contributed by atoms with van der Waals surface area (Å²) >= 11 is 0. The van der Waals surface area contributed by atoms with Gasteiger partial charge in [0.25, 0.3) is 0 Å². The molecule has 0 radical (unpaired) electrons. The zero-order valence-corrected chi connectivity index (χ0v) is 16.8. The Balaban J connectivity index is 1.52. The smallest absolute Gasteiger partial charge is 0.227 e. The van der Waals surface area contributed by atoms with Crippen LogP contribution < -0.4 is 5.32 Å². The summed E-state index contributed by atoms with van der Waals surface area (Å²) < 4.78 is 5.24. The van der Waals surface area contributed by atoms with Crippen LogP contribution in [0, 0.1) is 0 Å². The highest BCUT2D eigenvalue weighted by molar-refractivity contribution is 5.76. The summed E-state index contributed by atoms with van der Waals surface area (Å²) in [5, 5.41) is 6.98. The van der Waals surface area contributed by atoms with Crippen LogP contribution in [0.4, 0.5) is 0 Å². The molecule has 3 aromatic rings. The van der Waals surface area contributed by atoms with Gasteiger partial charge in [-0.25, -0.2) is 0 Å². The second kappa shape index (κ2) is 8.33. The lowest BCUT2D eigenvalue weighted by Crippen LogP contribution is -2.27. The van der Waals surface area contributed by atoms with Gasteiger partial charge in [-0.05, 0) is 35.6 Å². The van der Waals surface area contributed by atoms with Crippen molar-refractivity contribution in [1.82, 2.24) is 20.4 Å². The fraction of sp³-hybridized carbons (Fsp3) is 0.364. The molecule has 1 aromatic carbocycles. The van der Waals surface area contributed by atoms with Crippen LogP contribution in [0.1, 0.15) is 57.2 Å². The van der Waals surface area contributed by atoms with E-state index in [-0.39, 0.29) is 17.4 Å². The maximum atomic E-state index is 12.3. The van der Waals surface area contributed by atoms with Crippen LogP contribution in [0.5, 0.6) is 0 Å². The second-order valence-corrected chi connectivity index (χ2v) is 7.91. The van der Waals surface area contributed by atoms with Crippen molar-refractivity contribution >= 4 is 5.91 Å². The highest BCUT2D eigenvalue weighted by atomic mass is 16.5. The van der Waals surface area contributed by atoms with E-state index in [2.05, 4.69) is 65.5 Å². The van der Waals surface area contributed by atoms with Gasteiger partial charge < -0.3 is 9.84 Å². The zero-order chi connectivity index (χ0) is 20.1. The van der Waals surface area contributed by atoms with Gasteiger partial charge in [0, 0.05) is 30.8 Å². The second-order valence-electron chi connectivity index (χ2n) is 7.91. The number of carbonyl (C=O) groups is 1. The van der Waals surface area contributed by atoms with E-state index < -0.39 is 0 Å². The summed E-state index contributed by atoms with van der Waals surface area (Å²) in [7, 11) is 0. The third kappa shape index (κ3) is 5.03. The molecule has 0 spiro atoms. The number of hydrogen-bond acceptors (Lipinski definition) is 5. The average Bonchev–Trinajstić information content (AvgIpc) is 3.15. The lowest BCUT2D eigenvalue weighted by atomic mass is 9.86. The van der Waals surface area contributed by atoms with E-state index in [0.717, 1.165) is 11.1 Å². The molecule has 146 valence electrons. The van der Waals surface area contributed by atoms with Gasteiger partial charge in [-0.2, -0.15) is 4.98 Å². The highest BCUT2D eigenvalue weighted by Crippen LogP contribution is 2.24. The van der Waals surface area contributed by atoms with Gasteiger partial charge >= 0.3 is 0 Å². The van der Waals surface area contributed by atoms with E-state index >= 15 is 0 Å². The van der Waals surface area contributed by atoms with Crippen molar-refractivity contribution < 1.29 is 9.32 Å². The fourth-order valence-corrected chi connectivity index (χ4v) is 2.86. The van der Waals surface area contributed by atoms with Crippen molar-refractivity contribution in [2.45, 2.75) is 52.0 Å². The van der Waals surface area contributed by atoms with Crippen LogP contribution in [-0.2, 0) is 16.6 Å². The Morgan fingerprint density at radius 1 is 1.11 bits per heavy atom. The number of aryl methyl sites for hydroxylation is 1. The van der Waals surface area contributed by atoms with Crippen LogP contribution in [0.15, 0.2) is 53.3 Å². The Morgan fingerprint density at radius 2 is 1.79 bits per heavy atom. The molecule has 0 saturated heterocycles. The molecule has 1 amide bonds. The van der Waals surface area contributed by atoms with Crippen LogP contribution in [0.2, 0.25) is 0 Å². The summed E-state index contributed by atoms with van der Waals surface area (Å²) in [5.74, 6) is 0.908. The van der Waals surface area contributed by atoms with Crippen LogP contribution in [0.25, 0.3) is 11.4 Å². The van der Waals surface area contributed by atoms with E-state index in [0.29, 0.717) is 24.6 Å². The molecular weight excluding hydrogens is 352 g/mol. The zero-order valence-electron chi connectivity index (χ0n) is 16.8. The van der Waals surface area contributed by atoms with Gasteiger partial charge in [0.1, 0.15) is 0 Å². The lowest BCUT2D eigenvalue weighted by molar-refractivity contribution is -0.121. The molecule has 3 rings (SSSR count). The third-order valence-electron chi connectivity index (χ3n) is 4.63. The molecule has 0 aliphatic carbocycles. The van der Waals surface area contributed by atoms with Crippen molar-refractivity contribution in [1.29, 1.82) is 0 Å². The molecule has 0 bridgehead atoms. The number of benzene rings is 1. The summed E-state index contributed by atoms with van der Waals surface area (Å²) in [5.41, 5.74) is 3.31. The normalized spacial score (nSPS) is 12.6. The maximum Gasteiger partial charge on any atom is 0.227 e. The van der Waals surface area contributed by atoms with Crippen molar-refractivity contribution in [3.63, 3.8) is 0 Å². The first-order valence-electron chi connectivity index (χ1n) is 9.46. The standard InChI is InChI=1S/C22H26N4O2/c1-15(16-5-7-18(8-6-16)22(2,3)4)24-19(27)9-10-20-25-21(26-28-20)17-11-13-23-14-12-17/h5-8,11-15H,9-10H2,1-4H3,(H,24,27). The van der Waals surface area contributed by atoms with Crippen molar-refractivity contribution in [3.05, 3.63) is 65.8 Å². The average molecular weight is 378 g/mol. The van der Waals surface area contributed by atoms with Gasteiger partial charge in [-0.15, -0.1) is 0 Å². The molecule has 2 heterocycles. The van der Waals surface area contributed by atoms with Gasteiger partial charge in [-0.1, -0.05) is 50.2 Å². The number of pyridine rings is 1. The number of rotatable bonds is 6. The molecule has 2 aromatic heterocycles. The first-order valence-corrected chi connectivity index (χ1v) is 9.46. The number of hydrogen-bond donors (Lipinski definition) is 1. The Morgan fingerprint density at radius 3 is 2.43 bits per heavy atom. The number of aromatic nitrogens is 3. The Labute approximate surface area is 165 Å². The van der Waals surface area contributed by atoms with Crippen LogP contribution in [0.3, 0.4) is 0 Å². The first kappa shape index (κ1) is 19.7. The predicted octanol–water partition coefficient (Wildman–Crippen LogP) is 4.24. The SMILES string of the molecule is CC(NC(=O)CCc1nc(-c2ccncc2)no1)c1ccc(C(C)(C)C)cc1. The van der Waals surface area contributed by atoms with E-state index in [9.17, 15) is 4.79 Å². The molecular formula is C22H26N4O2. The van der Waals surface area contributed by atoms with E-state index in [1.54, 1.807) is 12.4 Å². The molecule has 6 heteroatoms. The Hall–Kier alpha value is -3.02. The molecule has 0 aliphatic heterocycles. The van der Waals surface area contributed by atoms with E-state index in [1.165, 1.54) is 5.56 Å². The third-order valence-corrected chi connectivity index (χ3v) is 4.63. The van der Waals surface area contributed by atoms with Gasteiger partial charge in [0.2, 0.25) is 17.6 Å². The Bertz CT molecular complexity index is 912. The van der Waals surface area contributed by atoms with Crippen molar-refractivity contribution in [2.24, 2.45) is 0 Å². The number of amides is 1. The largest absolute Gasteiger partial charge is 0.350 e. The molecule has 0 saturated carbocycles. The first-order chi connectivity index (χ1) is 13.3. The van der Waals surface area contributed by atoms with Crippen LogP contribution in [-0.4, -0.2) is 21.0 Å². The summed E-state index contributed by atoms with van der Waals surface area (Å²) in [6.45, 7) is 8.54. The molecule has 0 fully saturated rings. The predicted molar refractivity (Wildman–Crippen MR) is 108 cm³/mol. The van der Waals surface area contributed by atoms with Gasteiger partial charge in [-0.3, -0.25) is 9.78 Å². The molecule has 0 aliphatic rings. The van der Waals surface area contributed by atoms with Gasteiger partial charge in [0.15, 0.2) is 0 Å². The quantitative estimate of drug-likeness (QED) is 0.694. The topological polar surface area (TPSA) is 80.9 Å². The van der Waals surface area contributed by atoms with Crippen molar-refractivity contribution in [2.75, 3.05) is 0 Å². The highest BCUT2D eigenvalue weighted by Gasteiger charge is 2.16. The molecule has 1 atom stereocenters. The monoisotopic (exact) mass is 378 g/mol. The summed E-state index contributed by atoms with van der Waals surface area (Å²) in [4.78, 5) is 20.6. The minimum Gasteiger partial charge on any atom is -0.350 e. The molecule has 28 heavy (non-hydrogen) atoms. The number of carbonyl (C=O) groups excluding carboxylic acids is 1. The minimum absolute atomic E-state index is 0.0453. The summed E-state index contributed by atoms with van der Waals surface area (Å²) in [6.07, 6.45) is 4.05. The Kier molecular flexibility index (Phi) is 5.87. The number of nitrogens with one attached hydrogen (secondary N) is 1. The van der Waals surface area contributed by atoms with Crippen molar-refractivity contribution in [3.8, 4) is 11.4 Å².